The van der Waals surface area contributed by atoms with Crippen LogP contribution in [0, 0.1) is 11.6 Å². The first kappa shape index (κ1) is 20.6. The fourth-order valence-electron chi connectivity index (χ4n) is 3.48. The van der Waals surface area contributed by atoms with Crippen LogP contribution in [0.2, 0.25) is 0 Å². The van der Waals surface area contributed by atoms with E-state index >= 15 is 0 Å². The molecule has 5 aromatic rings. The van der Waals surface area contributed by atoms with E-state index in [0.29, 0.717) is 19.5 Å². The Morgan fingerprint density at radius 3 is 2.79 bits per heavy atom. The molecule has 0 unspecified atom stereocenters. The number of amides is 1. The second-order valence-electron chi connectivity index (χ2n) is 7.30. The zero-order valence-electron chi connectivity index (χ0n) is 17.2. The molecule has 1 amide bonds. The zero-order valence-corrected chi connectivity index (χ0v) is 17.2. The molecule has 0 radical (unpaired) electrons. The number of para-hydroxylation sites is 1. The molecule has 2 aromatic carbocycles. The van der Waals surface area contributed by atoms with E-state index in [4.69, 9.17) is 8.83 Å². The normalized spacial score (nSPS) is 12.8. The van der Waals surface area contributed by atoms with Gasteiger partial charge in [-0.3, -0.25) is 4.79 Å². The number of benzene rings is 2. The molecule has 0 saturated heterocycles. The molecule has 10 heteroatoms. The van der Waals surface area contributed by atoms with E-state index in [1.165, 1.54) is 6.07 Å². The van der Waals surface area contributed by atoms with E-state index in [1.54, 1.807) is 17.5 Å². The third-order valence-electron chi connectivity index (χ3n) is 5.20. The summed E-state index contributed by atoms with van der Waals surface area (Å²) in [5.74, 6) is -2.66. The van der Waals surface area contributed by atoms with Crippen molar-refractivity contribution in [2.45, 2.75) is 13.0 Å². The lowest BCUT2D eigenvalue weighted by molar-refractivity contribution is 0.0692. The molecule has 33 heavy (non-hydrogen) atoms. The van der Waals surface area contributed by atoms with E-state index in [1.807, 2.05) is 30.3 Å². The van der Waals surface area contributed by atoms with Crippen LogP contribution < -0.4 is 0 Å². The Morgan fingerprint density at radius 2 is 1.94 bits per heavy atom. The summed E-state index contributed by atoms with van der Waals surface area (Å²) < 4.78 is 36.7. The largest absolute Gasteiger partial charge is 0.464 e. The van der Waals surface area contributed by atoms with Gasteiger partial charge in [-0.15, -0.1) is 10.2 Å². The van der Waals surface area contributed by atoms with E-state index < -0.39 is 17.5 Å². The van der Waals surface area contributed by atoms with Gasteiger partial charge >= 0.3 is 11.8 Å². The first-order valence-corrected chi connectivity index (χ1v) is 10.1. The lowest BCUT2D eigenvalue weighted by atomic mass is 10.1. The first-order chi connectivity index (χ1) is 16.1. The van der Waals surface area contributed by atoms with Gasteiger partial charge in [0, 0.05) is 23.9 Å². The van der Waals surface area contributed by atoms with Crippen LogP contribution in [0.3, 0.4) is 0 Å². The van der Waals surface area contributed by atoms with Gasteiger partial charge in [-0.05, 0) is 30.3 Å². The summed E-state index contributed by atoms with van der Waals surface area (Å²) in [5.41, 5.74) is 2.97. The number of fused-ring (bicyclic) bond motifs is 2. The maximum absolute atomic E-state index is 13.3. The monoisotopic (exact) mass is 449 g/mol. The van der Waals surface area contributed by atoms with Gasteiger partial charge in [0.1, 0.15) is 5.58 Å². The van der Waals surface area contributed by atoms with E-state index in [2.05, 4.69) is 20.2 Å². The van der Waals surface area contributed by atoms with Crippen LogP contribution >= 0.6 is 0 Å². The summed E-state index contributed by atoms with van der Waals surface area (Å²) in [5, 5.41) is 8.61. The van der Waals surface area contributed by atoms with Gasteiger partial charge in [0.15, 0.2) is 11.6 Å². The van der Waals surface area contributed by atoms with Crippen LogP contribution in [-0.4, -0.2) is 37.5 Å². The molecule has 0 aliphatic carbocycles. The third kappa shape index (κ3) is 4.22. The number of H-pyrrole nitrogens is 1. The van der Waals surface area contributed by atoms with Gasteiger partial charge in [-0.2, -0.15) is 0 Å². The Labute approximate surface area is 185 Å². The number of furan rings is 1. The van der Waals surface area contributed by atoms with Crippen LogP contribution in [0.4, 0.5) is 8.78 Å². The van der Waals surface area contributed by atoms with Crippen molar-refractivity contribution in [2.24, 2.45) is 0 Å². The van der Waals surface area contributed by atoms with E-state index in [-0.39, 0.29) is 17.3 Å². The summed E-state index contributed by atoms with van der Waals surface area (Å²) in [6.45, 7) is 0.858. The lowest BCUT2D eigenvalue weighted by Crippen LogP contribution is -2.36. The van der Waals surface area contributed by atoms with Crippen molar-refractivity contribution in [2.75, 3.05) is 6.54 Å². The molecule has 0 atom stereocenters. The molecule has 4 heterocycles. The second-order valence-corrected chi connectivity index (χ2v) is 7.30. The molecule has 0 saturated carbocycles. The van der Waals surface area contributed by atoms with Crippen LogP contribution in [0.5, 0.6) is 0 Å². The summed E-state index contributed by atoms with van der Waals surface area (Å²) in [4.78, 5) is 21.2. The summed E-state index contributed by atoms with van der Waals surface area (Å²) in [6, 6.07) is 13.1. The van der Waals surface area contributed by atoms with Crippen LogP contribution in [-0.2, 0) is 13.0 Å². The average molecular weight is 449 g/mol. The number of carbonyl (C=O) groups is 1. The Kier molecular flexibility index (Phi) is 5.39. The minimum absolute atomic E-state index is 0.0449. The smallest absolute Gasteiger partial charge is 0.311 e. The quantitative estimate of drug-likeness (QED) is 0.430. The first-order valence-electron chi connectivity index (χ1n) is 10.1. The predicted octanol–water partition coefficient (Wildman–Crippen LogP) is 4.37. The minimum atomic E-state index is -1.03. The third-order valence-corrected chi connectivity index (χ3v) is 5.20. The van der Waals surface area contributed by atoms with Crippen molar-refractivity contribution in [3.63, 3.8) is 0 Å². The lowest BCUT2D eigenvalue weighted by Gasteiger charge is -2.24. The number of hydrogen-bond donors (Lipinski definition) is 1. The Balaban J connectivity index is 0.000000211. The summed E-state index contributed by atoms with van der Waals surface area (Å²) in [6.07, 6.45) is 3.92. The standard InChI is InChI=1S/C15H11F2N5O2.C8H6O/c16-9-2-1-8(5-10(9)17)13-20-21-14(24-13)15(23)22-4-3-11-12(6-22)19-7-18-11;1-2-4-8-7(3-1)5-6-9-8/h1-2,5,7H,3-4,6H2,(H,18,19);1-6H. The van der Waals surface area contributed by atoms with E-state index in [0.717, 1.165) is 34.5 Å². The van der Waals surface area contributed by atoms with Crippen molar-refractivity contribution >= 4 is 16.9 Å². The predicted molar refractivity (Wildman–Crippen MR) is 113 cm³/mol. The number of nitrogens with zero attached hydrogens (tertiary/aromatic N) is 4. The van der Waals surface area contributed by atoms with Crippen molar-refractivity contribution in [3.8, 4) is 11.5 Å². The number of nitrogens with one attached hydrogen (secondary N) is 1. The van der Waals surface area contributed by atoms with Gasteiger partial charge in [0.05, 0.1) is 30.5 Å². The Bertz CT molecular complexity index is 1390. The molecule has 166 valence electrons. The second kappa shape index (κ2) is 8.65. The molecule has 3 aromatic heterocycles. The topological polar surface area (TPSA) is 101 Å². The number of aromatic nitrogens is 4. The maximum atomic E-state index is 13.3. The van der Waals surface area contributed by atoms with Crippen LogP contribution in [0.15, 0.2) is 70.0 Å². The SMILES string of the molecule is O=C(c1nnc(-c2ccc(F)c(F)c2)o1)N1CCc2nc[nH]c2C1.c1ccc2occc2c1. The van der Waals surface area contributed by atoms with Crippen molar-refractivity contribution < 1.29 is 22.4 Å². The van der Waals surface area contributed by atoms with Crippen molar-refractivity contribution in [1.29, 1.82) is 0 Å². The van der Waals surface area contributed by atoms with Gasteiger partial charge < -0.3 is 18.7 Å². The van der Waals surface area contributed by atoms with Crippen molar-refractivity contribution in [1.82, 2.24) is 25.1 Å². The van der Waals surface area contributed by atoms with Crippen LogP contribution in [0.25, 0.3) is 22.4 Å². The molecule has 1 N–H and O–H groups in total. The average Bonchev–Trinajstić information content (AvgIpc) is 3.60. The number of carbonyl (C=O) groups excluding carboxylic acids is 1. The van der Waals surface area contributed by atoms with Gasteiger partial charge in [-0.1, -0.05) is 18.2 Å². The minimum Gasteiger partial charge on any atom is -0.464 e. The highest BCUT2D eigenvalue weighted by Crippen LogP contribution is 2.22. The molecular weight excluding hydrogens is 432 g/mol. The molecule has 6 rings (SSSR count). The maximum Gasteiger partial charge on any atom is 0.311 e. The number of aromatic amines is 1. The molecule has 0 fully saturated rings. The highest BCUT2D eigenvalue weighted by molar-refractivity contribution is 5.89. The number of halogens is 2. The van der Waals surface area contributed by atoms with Gasteiger partial charge in [0.2, 0.25) is 5.89 Å². The van der Waals surface area contributed by atoms with Crippen molar-refractivity contribution in [3.05, 3.63) is 90.0 Å². The van der Waals surface area contributed by atoms with Crippen LogP contribution in [0.1, 0.15) is 22.1 Å². The fourth-order valence-corrected chi connectivity index (χ4v) is 3.48. The van der Waals surface area contributed by atoms with Gasteiger partial charge in [0.25, 0.3) is 0 Å². The Hall–Kier alpha value is -4.34. The highest BCUT2D eigenvalue weighted by atomic mass is 19.2. The number of imidazole rings is 1. The highest BCUT2D eigenvalue weighted by Gasteiger charge is 2.27. The fraction of sp³-hybridized carbons (Fsp3) is 0.130. The Morgan fingerprint density at radius 1 is 1.06 bits per heavy atom. The zero-order chi connectivity index (χ0) is 22.8. The van der Waals surface area contributed by atoms with E-state index in [9.17, 15) is 13.6 Å². The summed E-state index contributed by atoms with van der Waals surface area (Å²) in [7, 11) is 0. The summed E-state index contributed by atoms with van der Waals surface area (Å²) >= 11 is 0. The number of rotatable bonds is 2. The molecule has 0 bridgehead atoms. The molecule has 8 nitrogen and oxygen atoms in total. The molecular formula is C23H17F2N5O3. The van der Waals surface area contributed by atoms with Gasteiger partial charge in [-0.25, -0.2) is 13.8 Å². The molecule has 1 aliphatic rings. The molecule has 0 spiro atoms. The molecule has 1 aliphatic heterocycles. The number of hydrogen-bond acceptors (Lipinski definition) is 6.